The molecule has 4 N–H and O–H groups in total. The van der Waals surface area contributed by atoms with Crippen LogP contribution in [0.4, 0.5) is 0 Å². The lowest BCUT2D eigenvalue weighted by Crippen LogP contribution is -2.58. The van der Waals surface area contributed by atoms with Crippen molar-refractivity contribution in [2.24, 2.45) is 5.73 Å². The predicted molar refractivity (Wildman–Crippen MR) is 104 cm³/mol. The van der Waals surface area contributed by atoms with Crippen molar-refractivity contribution < 1.29 is 24.2 Å². The lowest BCUT2D eigenvalue weighted by atomic mass is 9.99. The smallest absolute Gasteiger partial charge is 0.326 e. The normalized spacial score (nSPS) is 19.7. The summed E-state index contributed by atoms with van der Waals surface area (Å²) in [5.74, 6) is -1.89. The fraction of sp³-hybridized carbons (Fsp3) is 0.550. The molecule has 0 aliphatic carbocycles. The third kappa shape index (κ3) is 5.53. The Balaban J connectivity index is 2.09. The lowest BCUT2D eigenvalue weighted by molar-refractivity contribution is -0.150. The maximum absolute atomic E-state index is 12.8. The standard InChI is InChI=1S/C20H29N3O5/c1-3-28-20(27)17(15(21)12-14-8-5-4-6-9-14)22-13(2)18(24)23-11-7-10-16(23)19(25)26/h4-6,8-9,13,15-17,22H,3,7,10-12,21H2,1-2H3,(H,25,26)/t13-,15?,16-,17?/m0/s1. The summed E-state index contributed by atoms with van der Waals surface area (Å²) in [5, 5.41) is 12.3. The Morgan fingerprint density at radius 1 is 1.32 bits per heavy atom. The molecule has 8 nitrogen and oxygen atoms in total. The van der Waals surface area contributed by atoms with Crippen molar-refractivity contribution in [2.75, 3.05) is 13.2 Å². The lowest BCUT2D eigenvalue weighted by Gasteiger charge is -2.30. The molecule has 8 heteroatoms. The maximum atomic E-state index is 12.8. The van der Waals surface area contributed by atoms with Crippen molar-refractivity contribution in [2.45, 2.75) is 57.3 Å². The van der Waals surface area contributed by atoms with Gasteiger partial charge in [0.2, 0.25) is 5.91 Å². The van der Waals surface area contributed by atoms with Gasteiger partial charge in [-0.2, -0.15) is 0 Å². The molecule has 1 saturated heterocycles. The van der Waals surface area contributed by atoms with E-state index in [0.29, 0.717) is 25.8 Å². The second kappa shape index (κ2) is 10.2. The Kier molecular flexibility index (Phi) is 7.95. The zero-order valence-corrected chi connectivity index (χ0v) is 16.3. The van der Waals surface area contributed by atoms with E-state index in [1.165, 1.54) is 4.90 Å². The zero-order chi connectivity index (χ0) is 20.7. The van der Waals surface area contributed by atoms with Crippen LogP contribution in [-0.4, -0.2) is 65.2 Å². The zero-order valence-electron chi connectivity index (χ0n) is 16.3. The first-order valence-electron chi connectivity index (χ1n) is 9.60. The summed E-state index contributed by atoms with van der Waals surface area (Å²) in [5.41, 5.74) is 7.24. The molecular formula is C20H29N3O5. The first-order chi connectivity index (χ1) is 13.3. The minimum absolute atomic E-state index is 0.199. The highest BCUT2D eigenvalue weighted by Gasteiger charge is 2.38. The molecule has 1 heterocycles. The van der Waals surface area contributed by atoms with Gasteiger partial charge < -0.3 is 20.5 Å². The van der Waals surface area contributed by atoms with Gasteiger partial charge >= 0.3 is 11.9 Å². The number of nitrogens with zero attached hydrogens (tertiary/aromatic N) is 1. The number of esters is 1. The number of nitrogens with one attached hydrogen (secondary N) is 1. The number of hydrogen-bond acceptors (Lipinski definition) is 6. The van der Waals surface area contributed by atoms with Crippen LogP contribution in [0, 0.1) is 0 Å². The highest BCUT2D eigenvalue weighted by atomic mass is 16.5. The molecule has 1 amide bonds. The van der Waals surface area contributed by atoms with E-state index in [1.807, 2.05) is 30.3 Å². The van der Waals surface area contributed by atoms with Crippen LogP contribution >= 0.6 is 0 Å². The van der Waals surface area contributed by atoms with Crippen molar-refractivity contribution in [3.63, 3.8) is 0 Å². The van der Waals surface area contributed by atoms with Gasteiger partial charge in [-0.1, -0.05) is 30.3 Å². The van der Waals surface area contributed by atoms with Crippen LogP contribution < -0.4 is 11.1 Å². The van der Waals surface area contributed by atoms with Gasteiger partial charge in [-0.05, 0) is 38.7 Å². The van der Waals surface area contributed by atoms with E-state index < -0.39 is 36.1 Å². The number of carboxylic acids is 1. The van der Waals surface area contributed by atoms with E-state index >= 15 is 0 Å². The topological polar surface area (TPSA) is 122 Å². The molecule has 154 valence electrons. The molecule has 0 spiro atoms. The number of amides is 1. The highest BCUT2D eigenvalue weighted by Crippen LogP contribution is 2.19. The molecule has 1 aliphatic rings. The maximum Gasteiger partial charge on any atom is 0.326 e. The van der Waals surface area contributed by atoms with Gasteiger partial charge in [0, 0.05) is 12.6 Å². The number of carbonyl (C=O) groups excluding carboxylic acids is 2. The number of hydrogen-bond donors (Lipinski definition) is 3. The van der Waals surface area contributed by atoms with Gasteiger partial charge in [0.05, 0.1) is 12.6 Å². The Hall–Kier alpha value is -2.45. The van der Waals surface area contributed by atoms with Crippen molar-refractivity contribution in [1.29, 1.82) is 0 Å². The molecule has 1 aromatic rings. The fourth-order valence-electron chi connectivity index (χ4n) is 3.48. The van der Waals surface area contributed by atoms with E-state index in [0.717, 1.165) is 5.56 Å². The molecule has 0 bridgehead atoms. The molecule has 0 radical (unpaired) electrons. The summed E-state index contributed by atoms with van der Waals surface area (Å²) in [6, 6.07) is 6.42. The molecule has 1 fully saturated rings. The Morgan fingerprint density at radius 2 is 2.00 bits per heavy atom. The van der Waals surface area contributed by atoms with Gasteiger partial charge in [-0.3, -0.25) is 14.9 Å². The average Bonchev–Trinajstić information content (AvgIpc) is 3.16. The van der Waals surface area contributed by atoms with E-state index in [4.69, 9.17) is 10.5 Å². The van der Waals surface area contributed by atoms with Crippen LogP contribution in [0.25, 0.3) is 0 Å². The van der Waals surface area contributed by atoms with Crippen molar-refractivity contribution >= 4 is 17.8 Å². The number of likely N-dealkylation sites (tertiary alicyclic amines) is 1. The van der Waals surface area contributed by atoms with Gasteiger partial charge in [0.25, 0.3) is 0 Å². The fourth-order valence-corrected chi connectivity index (χ4v) is 3.48. The van der Waals surface area contributed by atoms with Crippen LogP contribution in [0.3, 0.4) is 0 Å². The van der Waals surface area contributed by atoms with Gasteiger partial charge in [-0.25, -0.2) is 4.79 Å². The van der Waals surface area contributed by atoms with Gasteiger partial charge in [0.15, 0.2) is 0 Å². The average molecular weight is 391 g/mol. The highest BCUT2D eigenvalue weighted by molar-refractivity contribution is 5.88. The van der Waals surface area contributed by atoms with E-state index in [9.17, 15) is 19.5 Å². The van der Waals surface area contributed by atoms with Crippen molar-refractivity contribution in [1.82, 2.24) is 10.2 Å². The number of benzene rings is 1. The van der Waals surface area contributed by atoms with Gasteiger partial charge in [0.1, 0.15) is 12.1 Å². The van der Waals surface area contributed by atoms with E-state index in [-0.39, 0.29) is 12.5 Å². The number of nitrogens with two attached hydrogens (primary N) is 1. The quantitative estimate of drug-likeness (QED) is 0.525. The molecule has 2 unspecified atom stereocenters. The first-order valence-corrected chi connectivity index (χ1v) is 9.60. The summed E-state index contributed by atoms with van der Waals surface area (Å²) in [4.78, 5) is 37.9. The number of carboxylic acid groups (broad SMARTS) is 1. The van der Waals surface area contributed by atoms with E-state index in [1.54, 1.807) is 13.8 Å². The van der Waals surface area contributed by atoms with E-state index in [2.05, 4.69) is 5.32 Å². The Labute approximate surface area is 165 Å². The molecule has 2 rings (SSSR count). The summed E-state index contributed by atoms with van der Waals surface area (Å²) in [7, 11) is 0. The summed E-state index contributed by atoms with van der Waals surface area (Å²) in [6.45, 7) is 3.90. The Morgan fingerprint density at radius 3 is 2.61 bits per heavy atom. The molecule has 1 aliphatic heterocycles. The minimum atomic E-state index is -1.01. The summed E-state index contributed by atoms with van der Waals surface area (Å²) >= 11 is 0. The summed E-state index contributed by atoms with van der Waals surface area (Å²) < 4.78 is 5.13. The van der Waals surface area contributed by atoms with Crippen molar-refractivity contribution in [3.05, 3.63) is 35.9 Å². The monoisotopic (exact) mass is 391 g/mol. The number of ether oxygens (including phenoxy) is 1. The van der Waals surface area contributed by atoms with Crippen LogP contribution in [-0.2, 0) is 25.5 Å². The number of carbonyl (C=O) groups is 3. The first kappa shape index (κ1) is 21.8. The second-order valence-electron chi connectivity index (χ2n) is 7.00. The van der Waals surface area contributed by atoms with Crippen LogP contribution in [0.1, 0.15) is 32.3 Å². The van der Waals surface area contributed by atoms with Crippen LogP contribution in [0.5, 0.6) is 0 Å². The molecular weight excluding hydrogens is 362 g/mol. The minimum Gasteiger partial charge on any atom is -0.480 e. The van der Waals surface area contributed by atoms with Crippen LogP contribution in [0.15, 0.2) is 30.3 Å². The third-order valence-corrected chi connectivity index (χ3v) is 4.90. The molecule has 0 saturated carbocycles. The predicted octanol–water partition coefficient (Wildman–Crippen LogP) is 0.542. The SMILES string of the molecule is CCOC(=O)C(N[C@@H](C)C(=O)N1CCC[C@H]1C(=O)O)C(N)Cc1ccccc1. The van der Waals surface area contributed by atoms with Crippen LogP contribution in [0.2, 0.25) is 0 Å². The van der Waals surface area contributed by atoms with Gasteiger partial charge in [-0.15, -0.1) is 0 Å². The summed E-state index contributed by atoms with van der Waals surface area (Å²) in [6.07, 6.45) is 1.51. The third-order valence-electron chi connectivity index (χ3n) is 4.90. The molecule has 28 heavy (non-hydrogen) atoms. The van der Waals surface area contributed by atoms with Crippen molar-refractivity contribution in [3.8, 4) is 0 Å². The molecule has 0 aromatic heterocycles. The molecule has 1 aromatic carbocycles. The molecule has 4 atom stereocenters. The largest absolute Gasteiger partial charge is 0.480 e. The number of rotatable bonds is 9. The Bertz CT molecular complexity index is 682. The second-order valence-corrected chi connectivity index (χ2v) is 7.00. The number of aliphatic carboxylic acids is 1.